The van der Waals surface area contributed by atoms with Crippen molar-refractivity contribution in [3.63, 3.8) is 0 Å². The number of carbonyl (C=O) groups is 4. The number of likely N-dealkylation sites (tertiary alicyclic amines) is 1. The van der Waals surface area contributed by atoms with Gasteiger partial charge in [-0.1, -0.05) is 66.2 Å². The molecule has 2 aliphatic rings. The number of piperidine rings is 1. The number of amides is 3. The van der Waals surface area contributed by atoms with Gasteiger partial charge in [0, 0.05) is 42.1 Å². The first kappa shape index (κ1) is 36.6. The minimum atomic E-state index is -0.802. The number of carbonyl (C=O) groups excluding carboxylic acids is 4. The number of rotatable bonds is 10. The van der Waals surface area contributed by atoms with Crippen molar-refractivity contribution in [2.45, 2.75) is 64.1 Å². The lowest BCUT2D eigenvalue weighted by Gasteiger charge is -2.39. The summed E-state index contributed by atoms with van der Waals surface area (Å²) in [7, 11) is 4.43. The summed E-state index contributed by atoms with van der Waals surface area (Å²) in [6, 6.07) is 20.4. The molecule has 3 aromatic rings. The molecule has 2 heterocycles. The second-order valence-electron chi connectivity index (χ2n) is 13.4. The molecule has 5 rings (SSSR count). The largest absolute Gasteiger partial charge is 1.00 e. The Morgan fingerprint density at radius 1 is 0.915 bits per heavy atom. The molecule has 3 amide bonds. The van der Waals surface area contributed by atoms with Crippen LogP contribution < -0.4 is 34.6 Å². The Labute approximate surface area is 299 Å². The quantitative estimate of drug-likeness (QED) is 0.189. The number of benzene rings is 3. The molecular formula is C37H44ClIN4O4. The Balaban J connectivity index is 0.00000500. The van der Waals surface area contributed by atoms with E-state index in [2.05, 4.69) is 24.7 Å². The number of nitrogens with one attached hydrogen (secondary N) is 2. The summed E-state index contributed by atoms with van der Waals surface area (Å²) in [6.45, 7) is 4.15. The second kappa shape index (κ2) is 16.2. The van der Waals surface area contributed by atoms with Crippen LogP contribution in [0.25, 0.3) is 0 Å². The summed E-state index contributed by atoms with van der Waals surface area (Å²) in [5, 5.41) is 6.66. The van der Waals surface area contributed by atoms with Crippen molar-refractivity contribution >= 4 is 40.8 Å². The molecule has 0 spiro atoms. The van der Waals surface area contributed by atoms with Gasteiger partial charge in [0.1, 0.15) is 12.1 Å². The van der Waals surface area contributed by atoms with Crippen molar-refractivity contribution in [1.82, 2.24) is 10.2 Å². The minimum absolute atomic E-state index is 0. The highest BCUT2D eigenvalue weighted by Gasteiger charge is 2.37. The molecule has 0 aromatic heterocycles. The lowest BCUT2D eigenvalue weighted by atomic mass is 9.88. The standard InChI is InChI=1S/C37H43ClN4O4.HI/c1-25-21-30(13-14-31(25)38)39-36(45)32(22-26-17-19-42(2,3)20-18-26)40-37(46)33-23-28-11-7-8-12-29(28)24-41(33)35(44)16-15-34(43)27-9-5-4-6-10-27;/h4-14,21,26,32-33H,15-20,22-24H2,1-3H3,(H-,39,40,45,46);1H/t32?,33-;/m0./s1. The van der Waals surface area contributed by atoms with E-state index in [1.54, 1.807) is 41.3 Å². The van der Waals surface area contributed by atoms with Gasteiger partial charge in [-0.05, 0) is 67.0 Å². The maximum absolute atomic E-state index is 14.1. The van der Waals surface area contributed by atoms with Gasteiger partial charge in [0.25, 0.3) is 0 Å². The number of anilines is 1. The molecule has 2 atom stereocenters. The average Bonchev–Trinajstić information content (AvgIpc) is 3.05. The maximum Gasteiger partial charge on any atom is 0.246 e. The first-order valence-electron chi connectivity index (χ1n) is 16.1. The van der Waals surface area contributed by atoms with Gasteiger partial charge in [0.15, 0.2) is 5.78 Å². The number of nitrogens with zero attached hydrogens (tertiary/aromatic N) is 2. The molecule has 2 aliphatic heterocycles. The van der Waals surface area contributed by atoms with E-state index in [0.717, 1.165) is 47.1 Å². The molecule has 0 aliphatic carbocycles. The van der Waals surface area contributed by atoms with Crippen LogP contribution in [0.15, 0.2) is 72.8 Å². The number of halogens is 2. The van der Waals surface area contributed by atoms with Crippen LogP contribution in [0.4, 0.5) is 5.69 Å². The summed E-state index contributed by atoms with van der Waals surface area (Å²) >= 11 is 6.21. The van der Waals surface area contributed by atoms with Crippen LogP contribution in [-0.4, -0.2) is 72.2 Å². The van der Waals surface area contributed by atoms with Crippen molar-refractivity contribution in [1.29, 1.82) is 0 Å². The van der Waals surface area contributed by atoms with E-state index < -0.39 is 12.1 Å². The van der Waals surface area contributed by atoms with E-state index in [4.69, 9.17) is 11.6 Å². The first-order chi connectivity index (χ1) is 22.0. The molecule has 250 valence electrons. The maximum atomic E-state index is 14.1. The Morgan fingerprint density at radius 3 is 2.26 bits per heavy atom. The SMILES string of the molecule is Cc1cc(NC(=O)C(CC2CC[N+](C)(C)CC2)NC(=O)[C@@H]2Cc3ccccc3CN2C(=O)CCC(=O)c2ccccc2)ccc1Cl.[I-]. The lowest BCUT2D eigenvalue weighted by molar-refractivity contribution is -0.896. The molecule has 1 unspecified atom stereocenters. The van der Waals surface area contributed by atoms with Crippen molar-refractivity contribution < 1.29 is 47.6 Å². The number of ketones is 1. The smallest absolute Gasteiger partial charge is 0.246 e. The average molecular weight is 771 g/mol. The molecule has 0 bridgehead atoms. The van der Waals surface area contributed by atoms with Gasteiger partial charge in [-0.2, -0.15) is 0 Å². The number of hydrogen-bond acceptors (Lipinski definition) is 4. The molecule has 10 heteroatoms. The highest BCUT2D eigenvalue weighted by molar-refractivity contribution is 6.31. The number of fused-ring (bicyclic) bond motifs is 1. The zero-order chi connectivity index (χ0) is 32.8. The fourth-order valence-corrected chi connectivity index (χ4v) is 6.61. The predicted molar refractivity (Wildman–Crippen MR) is 180 cm³/mol. The van der Waals surface area contributed by atoms with E-state index in [0.29, 0.717) is 29.1 Å². The normalized spacial score (nSPS) is 17.9. The van der Waals surface area contributed by atoms with Crippen LogP contribution in [0, 0.1) is 12.8 Å². The third-order valence-corrected chi connectivity index (χ3v) is 9.87. The van der Waals surface area contributed by atoms with Gasteiger partial charge in [-0.3, -0.25) is 19.2 Å². The van der Waals surface area contributed by atoms with E-state index in [1.807, 2.05) is 43.3 Å². The van der Waals surface area contributed by atoms with Gasteiger partial charge in [-0.25, -0.2) is 0 Å². The first-order valence-corrected chi connectivity index (χ1v) is 16.5. The summed E-state index contributed by atoms with van der Waals surface area (Å²) in [5.41, 5.74) is 3.98. The summed E-state index contributed by atoms with van der Waals surface area (Å²) in [4.78, 5) is 55.9. The van der Waals surface area contributed by atoms with Gasteiger partial charge in [-0.15, -0.1) is 0 Å². The van der Waals surface area contributed by atoms with Crippen molar-refractivity contribution in [2.75, 3.05) is 32.5 Å². The van der Waals surface area contributed by atoms with Crippen LogP contribution in [0.2, 0.25) is 5.02 Å². The van der Waals surface area contributed by atoms with Gasteiger partial charge in [0.05, 0.1) is 27.2 Å². The zero-order valence-corrected chi connectivity index (χ0v) is 30.2. The molecule has 3 aromatic carbocycles. The van der Waals surface area contributed by atoms with Crippen LogP contribution in [0.5, 0.6) is 0 Å². The fourth-order valence-electron chi connectivity index (χ4n) is 6.49. The van der Waals surface area contributed by atoms with E-state index >= 15 is 0 Å². The molecule has 8 nitrogen and oxygen atoms in total. The Kier molecular flexibility index (Phi) is 12.6. The van der Waals surface area contributed by atoms with Crippen molar-refractivity contribution in [3.8, 4) is 0 Å². The number of aryl methyl sites for hydroxylation is 1. The Morgan fingerprint density at radius 2 is 1.57 bits per heavy atom. The minimum Gasteiger partial charge on any atom is -1.00 e. The molecule has 1 fully saturated rings. The van der Waals surface area contributed by atoms with Crippen LogP contribution >= 0.6 is 11.6 Å². The molecule has 47 heavy (non-hydrogen) atoms. The third-order valence-electron chi connectivity index (χ3n) is 9.45. The lowest BCUT2D eigenvalue weighted by Crippen LogP contribution is -3.00. The molecule has 0 radical (unpaired) electrons. The van der Waals surface area contributed by atoms with Crippen LogP contribution in [-0.2, 0) is 27.3 Å². The number of quaternary nitrogens is 1. The molecule has 1 saturated heterocycles. The van der Waals surface area contributed by atoms with Gasteiger partial charge < -0.3 is 44.0 Å². The number of hydrogen-bond donors (Lipinski definition) is 2. The monoisotopic (exact) mass is 770 g/mol. The van der Waals surface area contributed by atoms with Crippen molar-refractivity contribution in [2.24, 2.45) is 5.92 Å². The second-order valence-corrected chi connectivity index (χ2v) is 13.8. The highest BCUT2D eigenvalue weighted by Crippen LogP contribution is 2.28. The topological polar surface area (TPSA) is 95.6 Å². The number of Topliss-reactive ketones (excluding diaryl/α,β-unsaturated/α-hetero) is 1. The van der Waals surface area contributed by atoms with Gasteiger partial charge >= 0.3 is 0 Å². The third kappa shape index (κ3) is 9.64. The highest BCUT2D eigenvalue weighted by atomic mass is 127. The predicted octanol–water partition coefficient (Wildman–Crippen LogP) is 2.57. The summed E-state index contributed by atoms with van der Waals surface area (Å²) in [6.07, 6.45) is 2.81. The molecule has 2 N–H and O–H groups in total. The van der Waals surface area contributed by atoms with Crippen LogP contribution in [0.1, 0.15) is 59.2 Å². The van der Waals surface area contributed by atoms with Crippen molar-refractivity contribution in [3.05, 3.63) is 100 Å². The Bertz CT molecular complexity index is 1590. The van der Waals surface area contributed by atoms with Gasteiger partial charge in [0.2, 0.25) is 17.7 Å². The molecule has 0 saturated carbocycles. The van der Waals surface area contributed by atoms with E-state index in [-0.39, 0.29) is 72.8 Å². The molecular weight excluding hydrogens is 727 g/mol. The van der Waals surface area contributed by atoms with Crippen LogP contribution in [0.3, 0.4) is 0 Å². The zero-order valence-electron chi connectivity index (χ0n) is 27.3. The summed E-state index contributed by atoms with van der Waals surface area (Å²) < 4.78 is 0.940. The van der Waals surface area contributed by atoms with E-state index in [9.17, 15) is 19.2 Å². The fraction of sp³-hybridized carbons (Fsp3) is 0.405. The summed E-state index contributed by atoms with van der Waals surface area (Å²) in [5.74, 6) is -0.754. The Hall–Kier alpha value is -3.28. The van der Waals surface area contributed by atoms with E-state index in [1.165, 1.54) is 0 Å².